The fourth-order valence-electron chi connectivity index (χ4n) is 2.26. The summed E-state index contributed by atoms with van der Waals surface area (Å²) >= 11 is 0. The van der Waals surface area contributed by atoms with Gasteiger partial charge in [-0.15, -0.1) is 0 Å². The third kappa shape index (κ3) is 4.84. The Morgan fingerprint density at radius 2 is 1.86 bits per heavy atom. The molecule has 0 fully saturated rings. The van der Waals surface area contributed by atoms with Crippen LogP contribution in [0, 0.1) is 6.92 Å². The number of carbonyl (C=O) groups excluding carboxylic acids is 1. The topological polar surface area (TPSA) is 116 Å². The van der Waals surface area contributed by atoms with E-state index in [0.29, 0.717) is 12.0 Å². The number of guanidine groups is 1. The molecule has 0 radical (unpaired) electrons. The lowest BCUT2D eigenvalue weighted by molar-refractivity contribution is 0.100. The first-order valence-corrected chi connectivity index (χ1v) is 9.03. The van der Waals surface area contributed by atoms with Crippen LogP contribution in [0.25, 0.3) is 0 Å². The predicted molar refractivity (Wildman–Crippen MR) is 87.7 cm³/mol. The zero-order valence-electron chi connectivity index (χ0n) is 13.2. The molecule has 0 saturated carbocycles. The fourth-order valence-corrected chi connectivity index (χ4v) is 3.23. The minimum absolute atomic E-state index is 0.170. The van der Waals surface area contributed by atoms with Gasteiger partial charge in [0.1, 0.15) is 0 Å². The van der Waals surface area contributed by atoms with E-state index in [9.17, 15) is 13.2 Å². The predicted octanol–water partition coefficient (Wildman–Crippen LogP) is 1.54. The summed E-state index contributed by atoms with van der Waals surface area (Å²) in [4.78, 5) is 15.6. The summed E-state index contributed by atoms with van der Waals surface area (Å²) in [5, 5.41) is 0. The molecule has 7 heteroatoms. The molecule has 0 aliphatic heterocycles. The van der Waals surface area contributed by atoms with Crippen molar-refractivity contribution in [1.82, 2.24) is 0 Å². The number of aliphatic imine (C=N–C) groups is 1. The number of sulfone groups is 1. The molecule has 1 amide bonds. The lowest BCUT2D eigenvalue weighted by atomic mass is 10.0. The first-order valence-electron chi connectivity index (χ1n) is 7.14. The standard InChI is InChI=1S/C15H23N3O3S/c1-4-5-6-7-11-8-10(2)12(14(19)18-15(16)17)9-13(11)22(3,20)21/h8-9H,4-7H2,1-3H3,(H4,16,17,18,19). The number of hydrogen-bond acceptors (Lipinski definition) is 3. The van der Waals surface area contributed by atoms with Crippen LogP contribution in [0.5, 0.6) is 0 Å². The maximum absolute atomic E-state index is 12.0. The van der Waals surface area contributed by atoms with Crippen molar-refractivity contribution in [3.8, 4) is 0 Å². The number of nitrogens with zero attached hydrogens (tertiary/aromatic N) is 1. The molecular weight excluding hydrogens is 302 g/mol. The molecular formula is C15H23N3O3S. The van der Waals surface area contributed by atoms with Crippen LogP contribution in [0.2, 0.25) is 0 Å². The van der Waals surface area contributed by atoms with E-state index in [0.717, 1.165) is 31.1 Å². The molecule has 0 aromatic heterocycles. The van der Waals surface area contributed by atoms with E-state index in [-0.39, 0.29) is 16.4 Å². The first-order chi connectivity index (χ1) is 10.2. The molecule has 1 rings (SSSR count). The number of unbranched alkanes of at least 4 members (excludes halogenated alkanes) is 2. The highest BCUT2D eigenvalue weighted by Gasteiger charge is 2.19. The number of hydrogen-bond donors (Lipinski definition) is 2. The molecule has 0 aliphatic carbocycles. The van der Waals surface area contributed by atoms with Gasteiger partial charge in [-0.25, -0.2) is 8.42 Å². The smallest absolute Gasteiger partial charge is 0.280 e. The normalized spacial score (nSPS) is 11.2. The second-order valence-electron chi connectivity index (χ2n) is 5.35. The zero-order chi connectivity index (χ0) is 16.9. The monoisotopic (exact) mass is 325 g/mol. The van der Waals surface area contributed by atoms with Gasteiger partial charge in [0.15, 0.2) is 15.8 Å². The number of amides is 1. The number of nitrogens with two attached hydrogens (primary N) is 2. The van der Waals surface area contributed by atoms with E-state index in [1.165, 1.54) is 6.07 Å². The SMILES string of the molecule is CCCCCc1cc(C)c(C(=O)N=C(N)N)cc1S(C)(=O)=O. The molecule has 122 valence electrons. The molecule has 6 nitrogen and oxygen atoms in total. The largest absolute Gasteiger partial charge is 0.370 e. The van der Waals surface area contributed by atoms with E-state index in [2.05, 4.69) is 11.9 Å². The van der Waals surface area contributed by atoms with Gasteiger partial charge in [-0.05, 0) is 37.0 Å². The van der Waals surface area contributed by atoms with E-state index in [1.54, 1.807) is 13.0 Å². The summed E-state index contributed by atoms with van der Waals surface area (Å²) in [5.74, 6) is -0.986. The third-order valence-electron chi connectivity index (χ3n) is 3.32. The van der Waals surface area contributed by atoms with Gasteiger partial charge in [-0.2, -0.15) is 4.99 Å². The fraction of sp³-hybridized carbons (Fsp3) is 0.467. The summed E-state index contributed by atoms with van der Waals surface area (Å²) in [7, 11) is -3.44. The molecule has 4 N–H and O–H groups in total. The highest BCUT2D eigenvalue weighted by atomic mass is 32.2. The maximum atomic E-state index is 12.0. The van der Waals surface area contributed by atoms with Crippen molar-refractivity contribution in [2.75, 3.05) is 6.26 Å². The minimum Gasteiger partial charge on any atom is -0.370 e. The van der Waals surface area contributed by atoms with Crippen LogP contribution in [-0.4, -0.2) is 26.5 Å². The van der Waals surface area contributed by atoms with Crippen molar-refractivity contribution < 1.29 is 13.2 Å². The number of benzene rings is 1. The van der Waals surface area contributed by atoms with Gasteiger partial charge >= 0.3 is 0 Å². The highest BCUT2D eigenvalue weighted by molar-refractivity contribution is 7.90. The summed E-state index contributed by atoms with van der Waals surface area (Å²) in [5.41, 5.74) is 12.0. The molecule has 22 heavy (non-hydrogen) atoms. The number of rotatable bonds is 6. The molecule has 1 aromatic carbocycles. The molecule has 1 aromatic rings. The van der Waals surface area contributed by atoms with Gasteiger partial charge in [0.25, 0.3) is 5.91 Å². The summed E-state index contributed by atoms with van der Waals surface area (Å²) in [6.45, 7) is 3.82. The highest BCUT2D eigenvalue weighted by Crippen LogP contribution is 2.24. The molecule has 0 spiro atoms. The van der Waals surface area contributed by atoms with E-state index in [4.69, 9.17) is 11.5 Å². The van der Waals surface area contributed by atoms with Crippen molar-refractivity contribution in [3.05, 3.63) is 28.8 Å². The third-order valence-corrected chi connectivity index (χ3v) is 4.50. The molecule has 0 bridgehead atoms. The molecule has 0 unspecified atom stereocenters. The van der Waals surface area contributed by atoms with E-state index < -0.39 is 15.7 Å². The van der Waals surface area contributed by atoms with Gasteiger partial charge in [0.2, 0.25) is 0 Å². The average molecular weight is 325 g/mol. The van der Waals surface area contributed by atoms with Crippen LogP contribution in [-0.2, 0) is 16.3 Å². The van der Waals surface area contributed by atoms with Gasteiger partial charge in [-0.3, -0.25) is 4.79 Å². The Kier molecular flexibility index (Phi) is 6.11. The lowest BCUT2D eigenvalue weighted by Gasteiger charge is -2.12. The number of aryl methyl sites for hydroxylation is 2. The molecule has 0 saturated heterocycles. The summed E-state index contributed by atoms with van der Waals surface area (Å²) in [6, 6.07) is 3.11. The van der Waals surface area contributed by atoms with Crippen LogP contribution in [0.1, 0.15) is 47.7 Å². The Bertz CT molecular complexity index is 690. The van der Waals surface area contributed by atoms with Crippen molar-refractivity contribution >= 4 is 21.7 Å². The van der Waals surface area contributed by atoms with Crippen LogP contribution in [0.15, 0.2) is 22.0 Å². The Hall–Kier alpha value is -1.89. The van der Waals surface area contributed by atoms with Crippen molar-refractivity contribution in [2.24, 2.45) is 16.5 Å². The summed E-state index contributed by atoms with van der Waals surface area (Å²) in [6.07, 6.45) is 4.77. The lowest BCUT2D eigenvalue weighted by Crippen LogP contribution is -2.24. The molecule has 0 heterocycles. The number of carbonyl (C=O) groups is 1. The van der Waals surface area contributed by atoms with E-state index >= 15 is 0 Å². The second-order valence-corrected chi connectivity index (χ2v) is 7.33. The average Bonchev–Trinajstić information content (AvgIpc) is 2.36. The maximum Gasteiger partial charge on any atom is 0.280 e. The molecule has 0 atom stereocenters. The van der Waals surface area contributed by atoms with E-state index in [1.807, 2.05) is 0 Å². The zero-order valence-corrected chi connectivity index (χ0v) is 14.0. The van der Waals surface area contributed by atoms with Crippen LogP contribution in [0.4, 0.5) is 0 Å². The Morgan fingerprint density at radius 1 is 1.23 bits per heavy atom. The van der Waals surface area contributed by atoms with Crippen LogP contribution < -0.4 is 11.5 Å². The first kappa shape index (κ1) is 18.2. The van der Waals surface area contributed by atoms with Crippen LogP contribution in [0.3, 0.4) is 0 Å². The van der Waals surface area contributed by atoms with Gasteiger partial charge < -0.3 is 11.5 Å². The second kappa shape index (κ2) is 7.40. The van der Waals surface area contributed by atoms with Crippen molar-refractivity contribution in [2.45, 2.75) is 44.4 Å². The quantitative estimate of drug-likeness (QED) is 0.467. The van der Waals surface area contributed by atoms with Gasteiger partial charge in [-0.1, -0.05) is 25.8 Å². The van der Waals surface area contributed by atoms with Gasteiger partial charge in [0, 0.05) is 11.8 Å². The minimum atomic E-state index is -3.44. The Labute approximate surface area is 131 Å². The van der Waals surface area contributed by atoms with Crippen LogP contribution >= 0.6 is 0 Å². The van der Waals surface area contributed by atoms with Crippen molar-refractivity contribution in [1.29, 1.82) is 0 Å². The Morgan fingerprint density at radius 3 is 2.36 bits per heavy atom. The van der Waals surface area contributed by atoms with Crippen molar-refractivity contribution in [3.63, 3.8) is 0 Å². The molecule has 0 aliphatic rings. The Balaban J connectivity index is 3.36. The van der Waals surface area contributed by atoms with Gasteiger partial charge in [0.05, 0.1) is 4.90 Å². The summed E-state index contributed by atoms with van der Waals surface area (Å²) < 4.78 is 24.0.